The first-order chi connectivity index (χ1) is 15.4. The highest BCUT2D eigenvalue weighted by molar-refractivity contribution is 5.55. The molecular weight excluding hydrogens is 408 g/mol. The van der Waals surface area contributed by atoms with Gasteiger partial charge in [0.1, 0.15) is 18.1 Å². The number of hydrogen-bond acceptors (Lipinski definition) is 3. The average Bonchev–Trinajstić information content (AvgIpc) is 2.78. The third-order valence-electron chi connectivity index (χ3n) is 5.35. The van der Waals surface area contributed by atoms with E-state index in [-0.39, 0.29) is 0 Å². The Kier molecular flexibility index (Phi) is 14.6. The molecule has 182 valence electrons. The molecule has 0 heterocycles. The van der Waals surface area contributed by atoms with Crippen LogP contribution in [0.15, 0.2) is 109 Å². The van der Waals surface area contributed by atoms with Gasteiger partial charge < -0.3 is 14.2 Å². The molecule has 33 heavy (non-hydrogen) atoms. The molecule has 0 saturated heterocycles. The predicted molar refractivity (Wildman–Crippen MR) is 144 cm³/mol. The van der Waals surface area contributed by atoms with E-state index in [2.05, 4.69) is 60.2 Å². The summed E-state index contributed by atoms with van der Waals surface area (Å²) in [5.41, 5.74) is 5.00. The van der Waals surface area contributed by atoms with Crippen molar-refractivity contribution in [2.24, 2.45) is 11.8 Å². The highest BCUT2D eigenvalue weighted by Crippen LogP contribution is 2.27. The molecule has 0 rings (SSSR count). The van der Waals surface area contributed by atoms with Crippen LogP contribution in [0.1, 0.15) is 40.5 Å². The van der Waals surface area contributed by atoms with Gasteiger partial charge in [0.05, 0.1) is 13.7 Å². The van der Waals surface area contributed by atoms with E-state index in [1.807, 2.05) is 25.2 Å². The standard InChI is InChI=1S/C30H44O3/c1-21(2)13-14-22(3)23(4)15-16-24(5)25(6)19-26(7)28(9)29(10)30(20-27(8)32-12)33-18-17-31-11/h15-16,19-22H,4-6,8-10,13-14,17-18H2,1-3,7,11-12H3/b16-15-,26-19-,30-20+. The summed E-state index contributed by atoms with van der Waals surface area (Å²) >= 11 is 0. The van der Waals surface area contributed by atoms with E-state index in [1.165, 1.54) is 6.42 Å². The van der Waals surface area contributed by atoms with Crippen LogP contribution in [0.25, 0.3) is 0 Å². The molecular formula is C30H44O3. The van der Waals surface area contributed by atoms with Crippen molar-refractivity contribution in [3.63, 3.8) is 0 Å². The Morgan fingerprint density at radius 1 is 0.788 bits per heavy atom. The van der Waals surface area contributed by atoms with Crippen molar-refractivity contribution in [1.82, 2.24) is 0 Å². The maximum Gasteiger partial charge on any atom is 0.130 e. The molecule has 3 nitrogen and oxygen atoms in total. The monoisotopic (exact) mass is 452 g/mol. The lowest BCUT2D eigenvalue weighted by Gasteiger charge is -2.16. The Morgan fingerprint density at radius 3 is 1.97 bits per heavy atom. The minimum absolute atomic E-state index is 0.377. The van der Waals surface area contributed by atoms with Crippen molar-refractivity contribution in [3.8, 4) is 0 Å². The van der Waals surface area contributed by atoms with Crippen LogP contribution in [0.4, 0.5) is 0 Å². The molecule has 1 atom stereocenters. The zero-order valence-corrected chi connectivity index (χ0v) is 21.8. The van der Waals surface area contributed by atoms with E-state index in [9.17, 15) is 0 Å². The molecule has 0 saturated carbocycles. The van der Waals surface area contributed by atoms with Crippen LogP contribution in [-0.4, -0.2) is 27.4 Å². The van der Waals surface area contributed by atoms with Gasteiger partial charge in [-0.05, 0) is 47.5 Å². The third kappa shape index (κ3) is 12.1. The van der Waals surface area contributed by atoms with Crippen LogP contribution in [0.2, 0.25) is 0 Å². The number of rotatable bonds is 17. The highest BCUT2D eigenvalue weighted by Gasteiger charge is 2.12. The zero-order chi connectivity index (χ0) is 25.6. The van der Waals surface area contributed by atoms with Crippen molar-refractivity contribution in [3.05, 3.63) is 109 Å². The summed E-state index contributed by atoms with van der Waals surface area (Å²) in [5, 5.41) is 0. The summed E-state index contributed by atoms with van der Waals surface area (Å²) in [6.45, 7) is 34.2. The number of hydrogen-bond donors (Lipinski definition) is 0. The molecule has 1 unspecified atom stereocenters. The number of ether oxygens (including phenoxy) is 3. The molecule has 0 spiro atoms. The van der Waals surface area contributed by atoms with Gasteiger partial charge in [-0.25, -0.2) is 0 Å². The largest absolute Gasteiger partial charge is 0.497 e. The molecule has 0 N–H and O–H groups in total. The van der Waals surface area contributed by atoms with E-state index in [0.717, 1.165) is 34.3 Å². The first-order valence-electron chi connectivity index (χ1n) is 11.3. The van der Waals surface area contributed by atoms with Crippen LogP contribution in [0.3, 0.4) is 0 Å². The van der Waals surface area contributed by atoms with Crippen molar-refractivity contribution < 1.29 is 14.2 Å². The van der Waals surface area contributed by atoms with Crippen LogP contribution in [0.5, 0.6) is 0 Å². The Labute approximate surface area is 202 Å². The minimum Gasteiger partial charge on any atom is -0.497 e. The molecule has 0 fully saturated rings. The fourth-order valence-corrected chi connectivity index (χ4v) is 2.73. The van der Waals surface area contributed by atoms with E-state index < -0.39 is 0 Å². The summed E-state index contributed by atoms with van der Waals surface area (Å²) in [4.78, 5) is 0. The summed E-state index contributed by atoms with van der Waals surface area (Å²) in [6.07, 6.45) is 9.98. The zero-order valence-electron chi connectivity index (χ0n) is 21.8. The van der Waals surface area contributed by atoms with Crippen LogP contribution in [-0.2, 0) is 14.2 Å². The van der Waals surface area contributed by atoms with Gasteiger partial charge >= 0.3 is 0 Å². The van der Waals surface area contributed by atoms with Crippen molar-refractivity contribution in [1.29, 1.82) is 0 Å². The molecule has 0 aromatic rings. The fourth-order valence-electron chi connectivity index (χ4n) is 2.73. The van der Waals surface area contributed by atoms with Gasteiger partial charge in [0.25, 0.3) is 0 Å². The first-order valence-corrected chi connectivity index (χ1v) is 11.3. The summed E-state index contributed by atoms with van der Waals surface area (Å²) in [6, 6.07) is 0. The van der Waals surface area contributed by atoms with Crippen LogP contribution in [0, 0.1) is 11.8 Å². The second kappa shape index (κ2) is 15.9. The molecule has 0 aromatic carbocycles. The van der Waals surface area contributed by atoms with Crippen LogP contribution >= 0.6 is 0 Å². The van der Waals surface area contributed by atoms with Gasteiger partial charge in [0, 0.05) is 18.8 Å². The second-order valence-electron chi connectivity index (χ2n) is 8.64. The molecule has 0 aliphatic carbocycles. The van der Waals surface area contributed by atoms with Crippen molar-refractivity contribution >= 4 is 0 Å². The van der Waals surface area contributed by atoms with Gasteiger partial charge in [-0.1, -0.05) is 90.5 Å². The lowest BCUT2D eigenvalue weighted by molar-refractivity contribution is 0.112. The SMILES string of the molecule is C=C(/C=C(/OCCOC)C(=C)C(=C)/C(C)=C\C(=C)C(=C)/C=C\C(=C)C(C)CCC(C)C)OC. The molecule has 3 heteroatoms. The van der Waals surface area contributed by atoms with Crippen LogP contribution < -0.4 is 0 Å². The first kappa shape index (κ1) is 30.2. The Bertz CT molecular complexity index is 831. The normalized spacial score (nSPS) is 13.1. The lowest BCUT2D eigenvalue weighted by atomic mass is 9.92. The summed E-state index contributed by atoms with van der Waals surface area (Å²) in [7, 11) is 3.17. The second-order valence-corrected chi connectivity index (χ2v) is 8.64. The Balaban J connectivity index is 5.27. The third-order valence-corrected chi connectivity index (χ3v) is 5.35. The Morgan fingerprint density at radius 2 is 1.42 bits per heavy atom. The lowest BCUT2D eigenvalue weighted by Crippen LogP contribution is -2.05. The number of allylic oxidation sites excluding steroid dienone is 9. The van der Waals surface area contributed by atoms with Gasteiger partial charge in [-0.15, -0.1) is 0 Å². The topological polar surface area (TPSA) is 27.7 Å². The van der Waals surface area contributed by atoms with Gasteiger partial charge in [0.2, 0.25) is 0 Å². The maximum atomic E-state index is 5.81. The summed E-state index contributed by atoms with van der Waals surface area (Å²) < 4.78 is 16.0. The highest BCUT2D eigenvalue weighted by atomic mass is 16.5. The molecule has 0 radical (unpaired) electrons. The van der Waals surface area contributed by atoms with Gasteiger partial charge in [0.15, 0.2) is 0 Å². The Hall–Kier alpha value is -2.78. The molecule has 0 amide bonds. The molecule has 0 bridgehead atoms. The van der Waals surface area contributed by atoms with Gasteiger partial charge in [-0.3, -0.25) is 0 Å². The van der Waals surface area contributed by atoms with E-state index in [4.69, 9.17) is 14.2 Å². The van der Waals surface area contributed by atoms with E-state index in [1.54, 1.807) is 20.3 Å². The van der Waals surface area contributed by atoms with E-state index in [0.29, 0.717) is 42.1 Å². The predicted octanol–water partition coefficient (Wildman–Crippen LogP) is 8.05. The average molecular weight is 453 g/mol. The molecule has 0 aromatic heterocycles. The maximum absolute atomic E-state index is 5.81. The van der Waals surface area contributed by atoms with Crippen molar-refractivity contribution in [2.45, 2.75) is 40.5 Å². The van der Waals surface area contributed by atoms with Gasteiger partial charge in [-0.2, -0.15) is 0 Å². The molecule has 0 aliphatic heterocycles. The number of methoxy groups -OCH3 is 2. The smallest absolute Gasteiger partial charge is 0.130 e. The van der Waals surface area contributed by atoms with Crippen molar-refractivity contribution in [2.75, 3.05) is 27.4 Å². The quantitative estimate of drug-likeness (QED) is 0.127. The summed E-state index contributed by atoms with van der Waals surface area (Å²) in [5.74, 6) is 2.13. The van der Waals surface area contributed by atoms with E-state index >= 15 is 0 Å². The molecule has 0 aliphatic rings. The minimum atomic E-state index is 0.377. The fraction of sp³-hybridized carbons (Fsp3) is 0.400.